The Morgan fingerprint density at radius 2 is 1.76 bits per heavy atom. The predicted molar refractivity (Wildman–Crippen MR) is 108 cm³/mol. The molecule has 9 heteroatoms. The summed E-state index contributed by atoms with van der Waals surface area (Å²) in [4.78, 5) is 35.6. The lowest BCUT2D eigenvalue weighted by Crippen LogP contribution is -2.29. The third kappa shape index (κ3) is 4.16. The number of carbonyl (C=O) groups excluding carboxylic acids is 1. The number of nitrogens with zero attached hydrogens (tertiary/aromatic N) is 2. The highest BCUT2D eigenvalue weighted by molar-refractivity contribution is 7.57. The summed E-state index contributed by atoms with van der Waals surface area (Å²) in [6.45, 7) is 0.212. The maximum atomic E-state index is 12.1. The van der Waals surface area contributed by atoms with E-state index in [4.69, 9.17) is 9.26 Å². The zero-order chi connectivity index (χ0) is 20.3. The normalized spacial score (nSPS) is 13.0. The smallest absolute Gasteiger partial charge is 0.449 e. The maximum Gasteiger partial charge on any atom is 0.530 e. The second-order valence-electron chi connectivity index (χ2n) is 6.54. The van der Waals surface area contributed by atoms with Crippen molar-refractivity contribution in [3.8, 4) is 11.1 Å². The van der Waals surface area contributed by atoms with Gasteiger partial charge in [-0.1, -0.05) is 48.5 Å². The van der Waals surface area contributed by atoms with Crippen LogP contribution in [0.2, 0.25) is 0 Å². The number of ether oxygens (including phenoxy) is 1. The summed E-state index contributed by atoms with van der Waals surface area (Å²) in [7, 11) is -3.75. The van der Waals surface area contributed by atoms with Crippen LogP contribution in [0.1, 0.15) is 17.0 Å². The average molecular weight is 414 g/mol. The van der Waals surface area contributed by atoms with Gasteiger partial charge < -0.3 is 10.1 Å². The Kier molecular flexibility index (Phi) is 5.60. The number of alkyl carbamates (subject to hydrolysis) is 1. The SMILES string of the molecule is O=C(NCCO[P+](O)(O)n1ccnc1)OCC1c2ccccc2-c2ccccc21. The van der Waals surface area contributed by atoms with Crippen molar-refractivity contribution >= 4 is 14.2 Å². The van der Waals surface area contributed by atoms with Crippen molar-refractivity contribution in [2.24, 2.45) is 0 Å². The second-order valence-corrected chi connectivity index (χ2v) is 8.29. The molecule has 3 N–H and O–H groups in total. The van der Waals surface area contributed by atoms with E-state index < -0.39 is 14.2 Å². The van der Waals surface area contributed by atoms with E-state index in [2.05, 4.69) is 34.6 Å². The quantitative estimate of drug-likeness (QED) is 0.406. The first-order valence-corrected chi connectivity index (χ1v) is 10.7. The zero-order valence-corrected chi connectivity index (χ0v) is 16.4. The highest BCUT2D eigenvalue weighted by Gasteiger charge is 2.39. The van der Waals surface area contributed by atoms with Gasteiger partial charge in [0.1, 0.15) is 19.5 Å². The number of rotatable bonds is 7. The van der Waals surface area contributed by atoms with Gasteiger partial charge in [0.2, 0.25) is 0 Å². The van der Waals surface area contributed by atoms with Gasteiger partial charge >= 0.3 is 14.2 Å². The fourth-order valence-electron chi connectivity index (χ4n) is 3.44. The largest absolute Gasteiger partial charge is 0.530 e. The molecule has 0 atom stereocenters. The van der Waals surface area contributed by atoms with E-state index in [1.165, 1.54) is 18.7 Å². The molecule has 8 nitrogen and oxygen atoms in total. The standard InChI is InChI=1S/C20H20N3O5P/c24-20(22-10-12-28-29(25,26)23-11-9-21-14-23)27-13-19-17-7-3-1-5-15(17)16-6-2-4-8-18(16)19/h1-9,11,14,19,25-26H,10,12-13H2/p+1. The Morgan fingerprint density at radius 3 is 2.38 bits per heavy atom. The van der Waals surface area contributed by atoms with Crippen molar-refractivity contribution < 1.29 is 23.8 Å². The highest BCUT2D eigenvalue weighted by Crippen LogP contribution is 2.51. The van der Waals surface area contributed by atoms with E-state index in [9.17, 15) is 14.6 Å². The fraction of sp³-hybridized carbons (Fsp3) is 0.200. The topological polar surface area (TPSA) is 106 Å². The van der Waals surface area contributed by atoms with Gasteiger partial charge in [-0.15, -0.1) is 4.34 Å². The van der Waals surface area contributed by atoms with Crippen LogP contribution in [0.4, 0.5) is 4.79 Å². The van der Waals surface area contributed by atoms with Crippen molar-refractivity contribution in [2.45, 2.75) is 5.92 Å². The molecule has 0 unspecified atom stereocenters. The number of fused-ring (bicyclic) bond motifs is 3. The van der Waals surface area contributed by atoms with Crippen LogP contribution >= 0.6 is 8.09 Å². The molecule has 1 aliphatic carbocycles. The molecular formula is C20H21N3O5P+. The fourth-order valence-corrected chi connectivity index (χ4v) is 4.34. The summed E-state index contributed by atoms with van der Waals surface area (Å²) in [5.41, 5.74) is 4.60. The zero-order valence-electron chi connectivity index (χ0n) is 15.5. The summed E-state index contributed by atoms with van der Waals surface area (Å²) < 4.78 is 11.6. The number of aromatic nitrogens is 2. The number of benzene rings is 2. The number of nitrogens with one attached hydrogen (secondary N) is 1. The summed E-state index contributed by atoms with van der Waals surface area (Å²) >= 11 is 0. The van der Waals surface area contributed by atoms with Crippen molar-refractivity contribution in [3.05, 3.63) is 78.4 Å². The lowest BCUT2D eigenvalue weighted by Gasteiger charge is -2.15. The molecule has 0 saturated heterocycles. The number of carbonyl (C=O) groups is 1. The molecule has 4 rings (SSSR count). The summed E-state index contributed by atoms with van der Waals surface area (Å²) in [6.07, 6.45) is 3.48. The van der Waals surface area contributed by atoms with Crippen LogP contribution in [0.5, 0.6) is 0 Å². The van der Waals surface area contributed by atoms with E-state index in [1.54, 1.807) is 0 Å². The molecule has 1 amide bonds. The molecule has 0 saturated carbocycles. The van der Waals surface area contributed by atoms with Crippen LogP contribution < -0.4 is 5.32 Å². The van der Waals surface area contributed by atoms with Gasteiger partial charge in [0.25, 0.3) is 0 Å². The lowest BCUT2D eigenvalue weighted by atomic mass is 9.98. The van der Waals surface area contributed by atoms with E-state index >= 15 is 0 Å². The molecule has 0 bridgehead atoms. The first-order valence-electron chi connectivity index (χ1n) is 9.13. The van der Waals surface area contributed by atoms with Gasteiger partial charge in [-0.25, -0.2) is 9.78 Å². The lowest BCUT2D eigenvalue weighted by molar-refractivity contribution is 0.139. The van der Waals surface area contributed by atoms with Crippen molar-refractivity contribution in [3.63, 3.8) is 0 Å². The van der Waals surface area contributed by atoms with Gasteiger partial charge in [-0.3, -0.25) is 0 Å². The Balaban J connectivity index is 1.28. The molecule has 0 aliphatic heterocycles. The van der Waals surface area contributed by atoms with Gasteiger partial charge in [0.15, 0.2) is 0 Å². The Bertz CT molecular complexity index is 948. The van der Waals surface area contributed by atoms with Gasteiger partial charge in [-0.05, 0) is 22.3 Å². The molecule has 0 fully saturated rings. The Labute approximate surface area is 168 Å². The summed E-state index contributed by atoms with van der Waals surface area (Å²) in [5.74, 6) is -0.0147. The Morgan fingerprint density at radius 1 is 1.10 bits per heavy atom. The van der Waals surface area contributed by atoms with Crippen LogP contribution in [0, 0.1) is 0 Å². The number of hydrogen-bond acceptors (Lipinski definition) is 6. The molecule has 0 radical (unpaired) electrons. The summed E-state index contributed by atoms with van der Waals surface area (Å²) in [6, 6.07) is 16.2. The van der Waals surface area contributed by atoms with Crippen molar-refractivity contribution in [2.75, 3.05) is 19.8 Å². The third-order valence-electron chi connectivity index (χ3n) is 4.77. The minimum absolute atomic E-state index is 0.0147. The number of imidazole rings is 1. The van der Waals surface area contributed by atoms with E-state index in [0.717, 1.165) is 26.6 Å². The molecule has 1 aliphatic rings. The second kappa shape index (κ2) is 8.31. The van der Waals surface area contributed by atoms with Gasteiger partial charge in [0.05, 0.1) is 6.20 Å². The monoisotopic (exact) mass is 414 g/mol. The minimum atomic E-state index is -3.75. The van der Waals surface area contributed by atoms with E-state index in [1.807, 2.05) is 24.3 Å². The van der Waals surface area contributed by atoms with Crippen molar-refractivity contribution in [1.29, 1.82) is 0 Å². The average Bonchev–Trinajstić information content (AvgIpc) is 3.37. The van der Waals surface area contributed by atoms with Crippen molar-refractivity contribution in [1.82, 2.24) is 14.6 Å². The van der Waals surface area contributed by atoms with Crippen LogP contribution in [0.25, 0.3) is 11.1 Å². The maximum absolute atomic E-state index is 12.1. The Hall–Kier alpha value is -2.77. The van der Waals surface area contributed by atoms with Crippen LogP contribution in [0.3, 0.4) is 0 Å². The molecule has 1 heterocycles. The molecule has 0 spiro atoms. The van der Waals surface area contributed by atoms with E-state index in [0.29, 0.717) is 0 Å². The van der Waals surface area contributed by atoms with Crippen LogP contribution in [0.15, 0.2) is 67.3 Å². The molecule has 2 aromatic carbocycles. The minimum Gasteiger partial charge on any atom is -0.449 e. The molecule has 3 aromatic rings. The first kappa shape index (κ1) is 19.5. The summed E-state index contributed by atoms with van der Waals surface area (Å²) in [5, 5.41) is 2.56. The highest BCUT2D eigenvalue weighted by atomic mass is 31.2. The predicted octanol–water partition coefficient (Wildman–Crippen LogP) is 2.95. The number of hydrogen-bond donors (Lipinski definition) is 3. The van der Waals surface area contributed by atoms with E-state index in [-0.39, 0.29) is 25.7 Å². The molecule has 150 valence electrons. The molecule has 29 heavy (non-hydrogen) atoms. The third-order valence-corrected chi connectivity index (χ3v) is 6.14. The molecule has 1 aromatic heterocycles. The van der Waals surface area contributed by atoms with Crippen LogP contribution in [-0.2, 0) is 9.26 Å². The molecular weight excluding hydrogens is 393 g/mol. The van der Waals surface area contributed by atoms with Crippen LogP contribution in [-0.4, -0.2) is 45.0 Å². The van der Waals surface area contributed by atoms with Gasteiger partial charge in [-0.2, -0.15) is 14.3 Å². The first-order chi connectivity index (χ1) is 14.1. The number of amides is 1. The van der Waals surface area contributed by atoms with Gasteiger partial charge in [0, 0.05) is 18.7 Å².